The lowest BCUT2D eigenvalue weighted by Crippen LogP contribution is -2.34. The van der Waals surface area contributed by atoms with Gasteiger partial charge in [-0.2, -0.15) is 11.3 Å². The van der Waals surface area contributed by atoms with Crippen molar-refractivity contribution in [2.24, 2.45) is 5.84 Å². The number of carbonyl (C=O) groups excluding carboxylic acids is 1. The van der Waals surface area contributed by atoms with Crippen molar-refractivity contribution in [3.8, 4) is 0 Å². The van der Waals surface area contributed by atoms with Gasteiger partial charge in [0.05, 0.1) is 5.69 Å². The van der Waals surface area contributed by atoms with E-state index < -0.39 is 0 Å². The van der Waals surface area contributed by atoms with Gasteiger partial charge in [-0.15, -0.1) is 0 Å². The summed E-state index contributed by atoms with van der Waals surface area (Å²) in [5.41, 5.74) is 6.28. The molecule has 1 aromatic carbocycles. The third-order valence-electron chi connectivity index (χ3n) is 3.14. The Morgan fingerprint density at radius 3 is 2.80 bits per heavy atom. The quantitative estimate of drug-likeness (QED) is 0.585. The van der Waals surface area contributed by atoms with Crippen LogP contribution in [0.5, 0.6) is 0 Å². The van der Waals surface area contributed by atoms with Gasteiger partial charge in [0.15, 0.2) is 0 Å². The molecule has 2 aromatic rings. The van der Waals surface area contributed by atoms with Crippen LogP contribution < -0.4 is 16.6 Å². The molecule has 106 valence electrons. The predicted octanol–water partition coefficient (Wildman–Crippen LogP) is 2.70. The van der Waals surface area contributed by atoms with Crippen molar-refractivity contribution in [1.82, 2.24) is 5.32 Å². The highest BCUT2D eigenvalue weighted by molar-refractivity contribution is 7.07. The molecule has 1 unspecified atom stereocenters. The monoisotopic (exact) mass is 289 g/mol. The zero-order valence-electron chi connectivity index (χ0n) is 11.6. The van der Waals surface area contributed by atoms with E-state index in [1.54, 1.807) is 17.4 Å². The Balaban J connectivity index is 1.99. The molecule has 20 heavy (non-hydrogen) atoms. The lowest BCUT2D eigenvalue weighted by Gasteiger charge is -2.14. The fraction of sp³-hybridized carbons (Fsp3) is 0.267. The van der Waals surface area contributed by atoms with Crippen LogP contribution in [0.15, 0.2) is 35.0 Å². The van der Waals surface area contributed by atoms with Crippen molar-refractivity contribution < 1.29 is 4.79 Å². The van der Waals surface area contributed by atoms with Crippen LogP contribution in [0.4, 0.5) is 5.69 Å². The second kappa shape index (κ2) is 6.54. The maximum atomic E-state index is 12.2. The summed E-state index contributed by atoms with van der Waals surface area (Å²) >= 11 is 1.67. The number of benzene rings is 1. The van der Waals surface area contributed by atoms with Gasteiger partial charge in [-0.1, -0.05) is 0 Å². The number of nitrogen functional groups attached to an aromatic ring is 1. The van der Waals surface area contributed by atoms with Crippen LogP contribution in [0, 0.1) is 6.92 Å². The zero-order valence-corrected chi connectivity index (χ0v) is 12.5. The molecule has 4 nitrogen and oxygen atoms in total. The first-order valence-electron chi connectivity index (χ1n) is 6.49. The van der Waals surface area contributed by atoms with Gasteiger partial charge >= 0.3 is 0 Å². The van der Waals surface area contributed by atoms with Gasteiger partial charge in [0.1, 0.15) is 0 Å². The molecule has 0 spiro atoms. The number of anilines is 1. The highest BCUT2D eigenvalue weighted by atomic mass is 32.1. The number of carbonyl (C=O) groups is 1. The Bertz CT molecular complexity index is 581. The Kier molecular flexibility index (Phi) is 4.76. The van der Waals surface area contributed by atoms with Gasteiger partial charge in [-0.05, 0) is 66.4 Å². The first-order chi connectivity index (χ1) is 9.60. The van der Waals surface area contributed by atoms with Crippen molar-refractivity contribution in [3.63, 3.8) is 0 Å². The van der Waals surface area contributed by atoms with E-state index >= 15 is 0 Å². The van der Waals surface area contributed by atoms with Crippen LogP contribution in [0.1, 0.15) is 28.4 Å². The Hall–Kier alpha value is -1.85. The Morgan fingerprint density at radius 2 is 2.20 bits per heavy atom. The number of hydrazine groups is 1. The summed E-state index contributed by atoms with van der Waals surface area (Å²) in [7, 11) is 0. The minimum absolute atomic E-state index is 0.0561. The van der Waals surface area contributed by atoms with Crippen LogP contribution in [0.2, 0.25) is 0 Å². The molecule has 1 atom stereocenters. The van der Waals surface area contributed by atoms with Gasteiger partial charge in [0, 0.05) is 11.6 Å². The van der Waals surface area contributed by atoms with E-state index in [1.807, 2.05) is 31.4 Å². The molecule has 1 aromatic heterocycles. The highest BCUT2D eigenvalue weighted by Gasteiger charge is 2.11. The number of hydrogen-bond acceptors (Lipinski definition) is 4. The molecule has 0 aliphatic carbocycles. The van der Waals surface area contributed by atoms with E-state index in [1.165, 1.54) is 5.56 Å². The number of amides is 1. The number of nitrogens with one attached hydrogen (secondary N) is 2. The van der Waals surface area contributed by atoms with Crippen molar-refractivity contribution in [3.05, 3.63) is 51.7 Å². The minimum atomic E-state index is -0.0561. The van der Waals surface area contributed by atoms with Gasteiger partial charge in [0.25, 0.3) is 5.91 Å². The van der Waals surface area contributed by atoms with Crippen molar-refractivity contribution in [2.75, 3.05) is 5.43 Å². The molecular formula is C15H19N3OS. The van der Waals surface area contributed by atoms with E-state index in [2.05, 4.69) is 22.2 Å². The molecule has 5 heteroatoms. The largest absolute Gasteiger partial charge is 0.349 e. The fourth-order valence-corrected chi connectivity index (χ4v) is 2.77. The first kappa shape index (κ1) is 14.6. The molecule has 0 aliphatic heterocycles. The molecule has 0 fully saturated rings. The SMILES string of the molecule is Cc1cc(C(=O)NC(C)Cc2ccsc2)ccc1NN. The molecule has 0 radical (unpaired) electrons. The van der Waals surface area contributed by atoms with E-state index in [9.17, 15) is 4.79 Å². The molecule has 1 amide bonds. The summed E-state index contributed by atoms with van der Waals surface area (Å²) in [5, 5.41) is 7.17. The summed E-state index contributed by atoms with van der Waals surface area (Å²) in [5.74, 6) is 5.33. The summed E-state index contributed by atoms with van der Waals surface area (Å²) in [6, 6.07) is 7.61. The highest BCUT2D eigenvalue weighted by Crippen LogP contribution is 2.15. The minimum Gasteiger partial charge on any atom is -0.349 e. The second-order valence-electron chi connectivity index (χ2n) is 4.88. The van der Waals surface area contributed by atoms with Crippen LogP contribution in [0.3, 0.4) is 0 Å². The maximum Gasteiger partial charge on any atom is 0.251 e. The summed E-state index contributed by atoms with van der Waals surface area (Å²) in [6.07, 6.45) is 0.844. The van der Waals surface area contributed by atoms with Crippen LogP contribution in [-0.4, -0.2) is 11.9 Å². The number of rotatable bonds is 5. The third-order valence-corrected chi connectivity index (χ3v) is 3.88. The van der Waals surface area contributed by atoms with Gasteiger partial charge < -0.3 is 10.7 Å². The number of thiophene rings is 1. The topological polar surface area (TPSA) is 67.2 Å². The normalized spacial score (nSPS) is 11.9. The van der Waals surface area contributed by atoms with E-state index in [0.29, 0.717) is 5.56 Å². The van der Waals surface area contributed by atoms with Gasteiger partial charge in [-0.25, -0.2) is 0 Å². The van der Waals surface area contributed by atoms with Crippen molar-refractivity contribution >= 4 is 22.9 Å². The molecular weight excluding hydrogens is 270 g/mol. The average molecular weight is 289 g/mol. The number of nitrogens with two attached hydrogens (primary N) is 1. The van der Waals surface area contributed by atoms with Gasteiger partial charge in [0.2, 0.25) is 0 Å². The van der Waals surface area contributed by atoms with Crippen LogP contribution >= 0.6 is 11.3 Å². The van der Waals surface area contributed by atoms with E-state index in [4.69, 9.17) is 5.84 Å². The standard InChI is InChI=1S/C15H19N3OS/c1-10-7-13(3-4-14(10)18-16)15(19)17-11(2)8-12-5-6-20-9-12/h3-7,9,11,18H,8,16H2,1-2H3,(H,17,19). The molecule has 0 saturated heterocycles. The van der Waals surface area contributed by atoms with Crippen LogP contribution in [-0.2, 0) is 6.42 Å². The Labute approximate surface area is 123 Å². The van der Waals surface area contributed by atoms with Crippen LogP contribution in [0.25, 0.3) is 0 Å². The number of aryl methyl sites for hydroxylation is 1. The fourth-order valence-electron chi connectivity index (χ4n) is 2.09. The molecule has 0 saturated carbocycles. The van der Waals surface area contributed by atoms with E-state index in [-0.39, 0.29) is 11.9 Å². The van der Waals surface area contributed by atoms with Crippen molar-refractivity contribution in [1.29, 1.82) is 0 Å². The van der Waals surface area contributed by atoms with E-state index in [0.717, 1.165) is 17.7 Å². The first-order valence-corrected chi connectivity index (χ1v) is 7.43. The molecule has 1 heterocycles. The third kappa shape index (κ3) is 3.59. The lowest BCUT2D eigenvalue weighted by atomic mass is 10.1. The molecule has 0 bridgehead atoms. The smallest absolute Gasteiger partial charge is 0.251 e. The summed E-state index contributed by atoms with van der Waals surface area (Å²) < 4.78 is 0. The van der Waals surface area contributed by atoms with Crippen molar-refractivity contribution in [2.45, 2.75) is 26.3 Å². The molecule has 0 aliphatic rings. The second-order valence-corrected chi connectivity index (χ2v) is 5.66. The Morgan fingerprint density at radius 1 is 1.40 bits per heavy atom. The molecule has 2 rings (SSSR count). The predicted molar refractivity (Wildman–Crippen MR) is 83.9 cm³/mol. The lowest BCUT2D eigenvalue weighted by molar-refractivity contribution is 0.0940. The maximum absolute atomic E-state index is 12.2. The number of hydrogen-bond donors (Lipinski definition) is 3. The zero-order chi connectivity index (χ0) is 14.5. The summed E-state index contributed by atoms with van der Waals surface area (Å²) in [4.78, 5) is 12.2. The summed E-state index contributed by atoms with van der Waals surface area (Å²) in [6.45, 7) is 3.93. The molecule has 4 N–H and O–H groups in total. The van der Waals surface area contributed by atoms with Gasteiger partial charge in [-0.3, -0.25) is 10.6 Å². The average Bonchev–Trinajstić information content (AvgIpc) is 2.91.